The molecule has 0 bridgehead atoms. The second kappa shape index (κ2) is 8.39. The number of nitrogens with zero attached hydrogens (tertiary/aromatic N) is 3. The first kappa shape index (κ1) is 20.3. The average Bonchev–Trinajstić information content (AvgIpc) is 3.20. The summed E-state index contributed by atoms with van der Waals surface area (Å²) in [5, 5.41) is 5.50. The first-order valence-corrected chi connectivity index (χ1v) is 9.96. The number of aromatic nitrogens is 3. The van der Waals surface area contributed by atoms with E-state index in [9.17, 15) is 9.59 Å². The number of rotatable bonds is 5. The zero-order valence-electron chi connectivity index (χ0n) is 17.6. The second-order valence-electron chi connectivity index (χ2n) is 7.41. The molecule has 0 fully saturated rings. The molecule has 3 heterocycles. The molecule has 0 saturated carbocycles. The van der Waals surface area contributed by atoms with Crippen LogP contribution in [0.2, 0.25) is 0 Å². The maximum absolute atomic E-state index is 12.6. The summed E-state index contributed by atoms with van der Waals surface area (Å²) < 4.78 is 1.68. The van der Waals surface area contributed by atoms with Gasteiger partial charge >= 0.3 is 0 Å². The molecule has 31 heavy (non-hydrogen) atoms. The number of imidazole rings is 1. The van der Waals surface area contributed by atoms with Crippen LogP contribution in [-0.4, -0.2) is 33.2 Å². The number of carbonyl (C=O) groups is 2. The van der Waals surface area contributed by atoms with Gasteiger partial charge in [-0.25, -0.2) is 4.98 Å². The van der Waals surface area contributed by atoms with Crippen molar-refractivity contribution in [3.05, 3.63) is 89.1 Å². The van der Waals surface area contributed by atoms with Crippen molar-refractivity contribution >= 4 is 17.5 Å². The highest BCUT2D eigenvalue weighted by molar-refractivity contribution is 5.95. The van der Waals surface area contributed by atoms with Crippen LogP contribution in [-0.2, 0) is 6.54 Å². The van der Waals surface area contributed by atoms with E-state index in [4.69, 9.17) is 0 Å². The van der Waals surface area contributed by atoms with E-state index in [1.165, 1.54) is 0 Å². The van der Waals surface area contributed by atoms with E-state index in [0.717, 1.165) is 27.9 Å². The fourth-order valence-electron chi connectivity index (χ4n) is 3.53. The summed E-state index contributed by atoms with van der Waals surface area (Å²) in [4.78, 5) is 33.0. The normalized spacial score (nSPS) is 10.8. The van der Waals surface area contributed by atoms with E-state index in [1.54, 1.807) is 36.0 Å². The van der Waals surface area contributed by atoms with E-state index >= 15 is 0 Å². The van der Waals surface area contributed by atoms with Crippen LogP contribution >= 0.6 is 0 Å². The lowest BCUT2D eigenvalue weighted by molar-refractivity contribution is 0.0943. The molecule has 4 rings (SSSR count). The van der Waals surface area contributed by atoms with E-state index in [2.05, 4.69) is 45.7 Å². The highest BCUT2D eigenvalue weighted by atomic mass is 16.2. The molecule has 3 aromatic heterocycles. The molecule has 0 aliphatic rings. The number of fused-ring (bicyclic) bond motifs is 1. The van der Waals surface area contributed by atoms with Crippen LogP contribution in [0.1, 0.15) is 37.7 Å². The van der Waals surface area contributed by atoms with Crippen LogP contribution in [0.4, 0.5) is 0 Å². The molecule has 7 heteroatoms. The third-order valence-electron chi connectivity index (χ3n) is 5.12. The smallest absolute Gasteiger partial charge is 0.271 e. The molecule has 0 spiro atoms. The minimum atomic E-state index is -0.267. The largest absolute Gasteiger partial charge is 0.355 e. The molecule has 2 N–H and O–H groups in total. The summed E-state index contributed by atoms with van der Waals surface area (Å²) in [5.74, 6) is -0.459. The maximum atomic E-state index is 12.6. The summed E-state index contributed by atoms with van der Waals surface area (Å²) in [6, 6.07) is 13.6. The Labute approximate surface area is 180 Å². The molecule has 0 aliphatic heterocycles. The van der Waals surface area contributed by atoms with Crippen LogP contribution in [0, 0.1) is 13.8 Å². The number of nitrogens with one attached hydrogen (secondary N) is 2. The van der Waals surface area contributed by atoms with Gasteiger partial charge in [0.2, 0.25) is 0 Å². The van der Waals surface area contributed by atoms with Crippen molar-refractivity contribution in [2.75, 3.05) is 7.05 Å². The van der Waals surface area contributed by atoms with Crippen LogP contribution in [0.25, 0.3) is 16.8 Å². The van der Waals surface area contributed by atoms with Gasteiger partial charge in [-0.15, -0.1) is 0 Å². The summed E-state index contributed by atoms with van der Waals surface area (Å²) in [6.45, 7) is 4.43. The van der Waals surface area contributed by atoms with Crippen molar-refractivity contribution in [1.29, 1.82) is 0 Å². The van der Waals surface area contributed by atoms with Gasteiger partial charge in [-0.1, -0.05) is 18.2 Å². The minimum absolute atomic E-state index is 0.192. The molecular weight excluding hydrogens is 390 g/mol. The number of carbonyl (C=O) groups excluding carboxylic acids is 2. The highest BCUT2D eigenvalue weighted by Crippen LogP contribution is 2.24. The molecular formula is C24H23N5O2. The van der Waals surface area contributed by atoms with E-state index in [1.807, 2.05) is 25.3 Å². The fraction of sp³-hybridized carbons (Fsp3) is 0.167. The van der Waals surface area contributed by atoms with Gasteiger partial charge in [0.05, 0.1) is 5.56 Å². The molecule has 7 nitrogen and oxygen atoms in total. The Bertz CT molecular complexity index is 1290. The van der Waals surface area contributed by atoms with Gasteiger partial charge in [0.25, 0.3) is 11.8 Å². The van der Waals surface area contributed by atoms with Crippen molar-refractivity contribution in [3.63, 3.8) is 0 Å². The van der Waals surface area contributed by atoms with Gasteiger partial charge in [-0.2, -0.15) is 0 Å². The van der Waals surface area contributed by atoms with Gasteiger partial charge in [0.1, 0.15) is 11.3 Å². The first-order valence-electron chi connectivity index (χ1n) is 9.96. The third kappa shape index (κ3) is 4.30. The van der Waals surface area contributed by atoms with Crippen LogP contribution in [0.15, 0.2) is 61.1 Å². The van der Waals surface area contributed by atoms with E-state index in [0.29, 0.717) is 23.4 Å². The lowest BCUT2D eigenvalue weighted by Gasteiger charge is -2.10. The van der Waals surface area contributed by atoms with Gasteiger partial charge in [-0.05, 0) is 60.4 Å². The topological polar surface area (TPSA) is 88.4 Å². The number of hydrogen-bond donors (Lipinski definition) is 2. The van der Waals surface area contributed by atoms with Crippen molar-refractivity contribution in [2.45, 2.75) is 20.4 Å². The molecule has 2 amide bonds. The molecule has 0 aliphatic carbocycles. The quantitative estimate of drug-likeness (QED) is 0.525. The van der Waals surface area contributed by atoms with Gasteiger partial charge in [-0.3, -0.25) is 14.6 Å². The fourth-order valence-corrected chi connectivity index (χ4v) is 3.53. The summed E-state index contributed by atoms with van der Waals surface area (Å²) in [7, 11) is 1.58. The highest BCUT2D eigenvalue weighted by Gasteiger charge is 2.12. The van der Waals surface area contributed by atoms with Crippen LogP contribution < -0.4 is 10.6 Å². The average molecular weight is 413 g/mol. The Morgan fingerprint density at radius 3 is 2.58 bits per heavy atom. The Morgan fingerprint density at radius 2 is 1.84 bits per heavy atom. The van der Waals surface area contributed by atoms with Gasteiger partial charge in [0.15, 0.2) is 0 Å². The van der Waals surface area contributed by atoms with E-state index < -0.39 is 0 Å². The number of aryl methyl sites for hydroxylation is 2. The standard InChI is InChI=1S/C24H23N5O2/c1-15-10-17(4-6-20(15)18-8-9-26-16(2)11-18)12-27-24(31)21-14-29-13-19(23(30)25-3)5-7-22(29)28-21/h4-11,13-14H,12H2,1-3H3,(H,25,30)(H,27,31). The monoisotopic (exact) mass is 413 g/mol. The second-order valence-corrected chi connectivity index (χ2v) is 7.41. The number of amides is 2. The predicted octanol–water partition coefficient (Wildman–Crippen LogP) is 3.30. The van der Waals surface area contributed by atoms with Crippen molar-refractivity contribution in [3.8, 4) is 11.1 Å². The minimum Gasteiger partial charge on any atom is -0.355 e. The van der Waals surface area contributed by atoms with Crippen molar-refractivity contribution in [1.82, 2.24) is 25.0 Å². The summed E-state index contributed by atoms with van der Waals surface area (Å²) in [6.07, 6.45) is 5.09. The Hall–Kier alpha value is -4.00. The molecule has 0 unspecified atom stereocenters. The molecule has 0 saturated heterocycles. The summed E-state index contributed by atoms with van der Waals surface area (Å²) in [5.41, 5.74) is 6.79. The zero-order chi connectivity index (χ0) is 22.0. The zero-order valence-corrected chi connectivity index (χ0v) is 17.6. The lowest BCUT2D eigenvalue weighted by Crippen LogP contribution is -2.23. The first-order chi connectivity index (χ1) is 14.9. The summed E-state index contributed by atoms with van der Waals surface area (Å²) >= 11 is 0. The van der Waals surface area contributed by atoms with E-state index in [-0.39, 0.29) is 11.8 Å². The number of hydrogen-bond acceptors (Lipinski definition) is 4. The number of pyridine rings is 2. The molecule has 0 radical (unpaired) electrons. The lowest BCUT2D eigenvalue weighted by atomic mass is 9.98. The SMILES string of the molecule is CNC(=O)c1ccc2nc(C(=O)NCc3ccc(-c4ccnc(C)c4)c(C)c3)cn2c1. The number of benzene rings is 1. The molecule has 4 aromatic rings. The van der Waals surface area contributed by atoms with Gasteiger partial charge in [0, 0.05) is 37.9 Å². The van der Waals surface area contributed by atoms with Crippen molar-refractivity contribution in [2.24, 2.45) is 0 Å². The Kier molecular flexibility index (Phi) is 5.49. The van der Waals surface area contributed by atoms with Gasteiger partial charge < -0.3 is 15.0 Å². The molecule has 1 aromatic carbocycles. The van der Waals surface area contributed by atoms with Crippen molar-refractivity contribution < 1.29 is 9.59 Å². The third-order valence-corrected chi connectivity index (χ3v) is 5.12. The Balaban J connectivity index is 1.47. The van der Waals surface area contributed by atoms with Crippen LogP contribution in [0.5, 0.6) is 0 Å². The van der Waals surface area contributed by atoms with Crippen LogP contribution in [0.3, 0.4) is 0 Å². The molecule has 156 valence electrons. The Morgan fingerprint density at radius 1 is 1.00 bits per heavy atom. The maximum Gasteiger partial charge on any atom is 0.271 e. The molecule has 0 atom stereocenters. The predicted molar refractivity (Wildman–Crippen MR) is 119 cm³/mol.